The summed E-state index contributed by atoms with van der Waals surface area (Å²) in [6.07, 6.45) is 3.09. The maximum absolute atomic E-state index is 12.4. The first-order valence-corrected chi connectivity index (χ1v) is 13.7. The molecule has 1 heterocycles. The topological polar surface area (TPSA) is 123 Å². The third-order valence-electron chi connectivity index (χ3n) is 5.47. The number of rotatable bonds is 12. The van der Waals surface area contributed by atoms with Crippen molar-refractivity contribution in [3.8, 4) is 0 Å². The number of hydrogen-bond donors (Lipinski definition) is 3. The molecule has 1 fully saturated rings. The van der Waals surface area contributed by atoms with Crippen molar-refractivity contribution in [1.29, 1.82) is 0 Å². The Morgan fingerprint density at radius 3 is 2.50 bits per heavy atom. The number of ether oxygens (including phenoxy) is 2. The summed E-state index contributed by atoms with van der Waals surface area (Å²) in [7, 11) is -3.65. The van der Waals surface area contributed by atoms with E-state index in [1.807, 2.05) is 30.3 Å². The van der Waals surface area contributed by atoms with Crippen molar-refractivity contribution in [2.75, 3.05) is 25.1 Å². The highest BCUT2D eigenvalue weighted by atomic mass is 32.2. The summed E-state index contributed by atoms with van der Waals surface area (Å²) < 4.78 is 38.0. The number of carbonyl (C=O) groups is 2. The SMILES string of the molecule is O=C(CCC(=O)OCCCc1ccccc1)NC(=S)Nc1ccc(S(=O)(=O)NCC2CCCO2)cc1. The van der Waals surface area contributed by atoms with E-state index in [0.717, 1.165) is 19.3 Å². The Labute approximate surface area is 217 Å². The third-order valence-corrected chi connectivity index (χ3v) is 7.12. The van der Waals surface area contributed by atoms with Crippen LogP contribution in [0.3, 0.4) is 0 Å². The van der Waals surface area contributed by atoms with Crippen LogP contribution in [0.25, 0.3) is 0 Å². The lowest BCUT2D eigenvalue weighted by Gasteiger charge is -2.12. The molecule has 194 valence electrons. The molecule has 36 heavy (non-hydrogen) atoms. The van der Waals surface area contributed by atoms with E-state index in [0.29, 0.717) is 25.3 Å². The number of benzene rings is 2. The van der Waals surface area contributed by atoms with Gasteiger partial charge in [0.15, 0.2) is 5.11 Å². The third kappa shape index (κ3) is 9.65. The van der Waals surface area contributed by atoms with Crippen LogP contribution in [0.2, 0.25) is 0 Å². The van der Waals surface area contributed by atoms with Crippen LogP contribution in [0.15, 0.2) is 59.5 Å². The molecule has 1 amide bonds. The van der Waals surface area contributed by atoms with Crippen LogP contribution >= 0.6 is 12.2 Å². The van der Waals surface area contributed by atoms with Gasteiger partial charge >= 0.3 is 5.97 Å². The van der Waals surface area contributed by atoms with Gasteiger partial charge in [0.25, 0.3) is 0 Å². The van der Waals surface area contributed by atoms with Gasteiger partial charge in [-0.15, -0.1) is 0 Å². The van der Waals surface area contributed by atoms with Gasteiger partial charge in [-0.2, -0.15) is 0 Å². The minimum atomic E-state index is -3.65. The van der Waals surface area contributed by atoms with Gasteiger partial charge in [0.05, 0.1) is 24.0 Å². The number of amides is 1. The summed E-state index contributed by atoms with van der Waals surface area (Å²) in [6, 6.07) is 15.9. The molecule has 2 aromatic carbocycles. The van der Waals surface area contributed by atoms with Gasteiger partial charge < -0.3 is 20.1 Å². The highest BCUT2D eigenvalue weighted by Gasteiger charge is 2.20. The number of aryl methyl sites for hydroxylation is 1. The van der Waals surface area contributed by atoms with E-state index in [2.05, 4.69) is 15.4 Å². The van der Waals surface area contributed by atoms with Crippen LogP contribution in [0.4, 0.5) is 5.69 Å². The van der Waals surface area contributed by atoms with Crippen molar-refractivity contribution < 1.29 is 27.5 Å². The molecule has 0 bridgehead atoms. The lowest BCUT2D eigenvalue weighted by molar-refractivity contribution is -0.145. The van der Waals surface area contributed by atoms with Crippen molar-refractivity contribution in [3.63, 3.8) is 0 Å². The molecular formula is C25H31N3O6S2. The molecule has 9 nitrogen and oxygen atoms in total. The van der Waals surface area contributed by atoms with E-state index in [1.165, 1.54) is 17.7 Å². The molecular weight excluding hydrogens is 502 g/mol. The average molecular weight is 534 g/mol. The Morgan fingerprint density at radius 1 is 1.06 bits per heavy atom. The van der Waals surface area contributed by atoms with Crippen LogP contribution in [-0.2, 0) is 35.5 Å². The second-order valence-electron chi connectivity index (χ2n) is 8.32. The van der Waals surface area contributed by atoms with Crippen molar-refractivity contribution in [3.05, 3.63) is 60.2 Å². The van der Waals surface area contributed by atoms with Gasteiger partial charge in [0.2, 0.25) is 15.9 Å². The van der Waals surface area contributed by atoms with Gasteiger partial charge in [-0.3, -0.25) is 9.59 Å². The largest absolute Gasteiger partial charge is 0.466 e. The van der Waals surface area contributed by atoms with E-state index in [-0.39, 0.29) is 35.5 Å². The number of carbonyl (C=O) groups excluding carboxylic acids is 2. The zero-order valence-electron chi connectivity index (χ0n) is 19.9. The van der Waals surface area contributed by atoms with E-state index in [9.17, 15) is 18.0 Å². The summed E-state index contributed by atoms with van der Waals surface area (Å²) in [5.41, 5.74) is 1.69. The van der Waals surface area contributed by atoms with Crippen LogP contribution in [0.5, 0.6) is 0 Å². The lowest BCUT2D eigenvalue weighted by atomic mass is 10.1. The maximum atomic E-state index is 12.4. The number of hydrogen-bond acceptors (Lipinski definition) is 7. The number of nitrogens with one attached hydrogen (secondary N) is 3. The number of anilines is 1. The molecule has 3 N–H and O–H groups in total. The molecule has 0 radical (unpaired) electrons. The minimum Gasteiger partial charge on any atom is -0.466 e. The van der Waals surface area contributed by atoms with E-state index >= 15 is 0 Å². The Balaban J connectivity index is 1.32. The van der Waals surface area contributed by atoms with E-state index in [1.54, 1.807) is 12.1 Å². The number of sulfonamides is 1. The first-order chi connectivity index (χ1) is 17.3. The van der Waals surface area contributed by atoms with Crippen LogP contribution < -0.4 is 15.4 Å². The van der Waals surface area contributed by atoms with Crippen molar-refractivity contribution >= 4 is 44.9 Å². The monoisotopic (exact) mass is 533 g/mol. The Bertz CT molecular complexity index is 1120. The molecule has 0 spiro atoms. The van der Waals surface area contributed by atoms with Crippen LogP contribution in [-0.4, -0.2) is 51.3 Å². The maximum Gasteiger partial charge on any atom is 0.306 e. The van der Waals surface area contributed by atoms with Crippen molar-refractivity contribution in [1.82, 2.24) is 10.0 Å². The predicted octanol–water partition coefficient (Wildman–Crippen LogP) is 2.91. The first kappa shape index (κ1) is 27.7. The number of thiocarbonyl (C=S) groups is 1. The van der Waals surface area contributed by atoms with Crippen molar-refractivity contribution in [2.24, 2.45) is 0 Å². The normalized spacial score (nSPS) is 15.3. The standard InChI is InChI=1S/C25H31N3O6S2/c29-23(14-15-24(30)34-17-4-8-19-6-2-1-3-7-19)28-25(35)27-20-10-12-22(13-11-20)36(31,32)26-18-21-9-5-16-33-21/h1-3,6-7,10-13,21,26H,4-5,8-9,14-18H2,(H2,27,28,29,35). The highest BCUT2D eigenvalue weighted by molar-refractivity contribution is 7.89. The van der Waals surface area contributed by atoms with E-state index < -0.39 is 21.9 Å². The molecule has 2 aromatic rings. The summed E-state index contributed by atoms with van der Waals surface area (Å²) >= 11 is 5.13. The molecule has 1 aliphatic rings. The Hall–Kier alpha value is -2.86. The fraction of sp³-hybridized carbons (Fsp3) is 0.400. The van der Waals surface area contributed by atoms with Crippen molar-refractivity contribution in [2.45, 2.75) is 49.5 Å². The molecule has 0 aromatic heterocycles. The van der Waals surface area contributed by atoms with Gasteiger partial charge in [0, 0.05) is 25.3 Å². The fourth-order valence-electron chi connectivity index (χ4n) is 3.55. The molecule has 1 unspecified atom stereocenters. The van der Waals surface area contributed by atoms with Gasteiger partial charge in [-0.05, 0) is 67.7 Å². The molecule has 3 rings (SSSR count). The van der Waals surface area contributed by atoms with E-state index in [4.69, 9.17) is 21.7 Å². The highest BCUT2D eigenvalue weighted by Crippen LogP contribution is 2.16. The smallest absolute Gasteiger partial charge is 0.306 e. The summed E-state index contributed by atoms with van der Waals surface area (Å²) in [5.74, 6) is -0.867. The van der Waals surface area contributed by atoms with Gasteiger partial charge in [-0.25, -0.2) is 13.1 Å². The predicted molar refractivity (Wildman–Crippen MR) is 140 cm³/mol. The summed E-state index contributed by atoms with van der Waals surface area (Å²) in [6.45, 7) is 1.19. The fourth-order valence-corrected chi connectivity index (χ4v) is 4.85. The molecule has 11 heteroatoms. The molecule has 1 atom stereocenters. The number of esters is 1. The second kappa shape index (κ2) is 14.0. The zero-order chi connectivity index (χ0) is 25.8. The lowest BCUT2D eigenvalue weighted by Crippen LogP contribution is -2.34. The van der Waals surface area contributed by atoms with Crippen LogP contribution in [0.1, 0.15) is 37.7 Å². The summed E-state index contributed by atoms with van der Waals surface area (Å²) in [5, 5.41) is 5.36. The first-order valence-electron chi connectivity index (χ1n) is 11.8. The summed E-state index contributed by atoms with van der Waals surface area (Å²) in [4.78, 5) is 24.1. The Morgan fingerprint density at radius 2 is 1.81 bits per heavy atom. The van der Waals surface area contributed by atoms with Gasteiger partial charge in [-0.1, -0.05) is 30.3 Å². The zero-order valence-corrected chi connectivity index (χ0v) is 21.5. The molecule has 0 aliphatic carbocycles. The molecule has 1 saturated heterocycles. The molecule has 0 saturated carbocycles. The quantitative estimate of drug-likeness (QED) is 0.216. The second-order valence-corrected chi connectivity index (χ2v) is 10.5. The van der Waals surface area contributed by atoms with Gasteiger partial charge in [0.1, 0.15) is 0 Å². The Kier molecular flexibility index (Phi) is 10.8. The average Bonchev–Trinajstić information content (AvgIpc) is 3.39. The molecule has 1 aliphatic heterocycles. The minimum absolute atomic E-state index is 0.0448. The van der Waals surface area contributed by atoms with Crippen LogP contribution in [0, 0.1) is 0 Å².